The van der Waals surface area contributed by atoms with Gasteiger partial charge in [-0.2, -0.15) is 0 Å². The maximum atomic E-state index is 13.6. The smallest absolute Gasteiger partial charge is 0.303 e. The molecule has 2 aromatic rings. The van der Waals surface area contributed by atoms with Gasteiger partial charge in [0.15, 0.2) is 0 Å². The van der Waals surface area contributed by atoms with E-state index in [4.69, 9.17) is 4.74 Å². The van der Waals surface area contributed by atoms with Gasteiger partial charge >= 0.3 is 11.9 Å². The number of hydrogen-bond donors (Lipinski definition) is 2. The van der Waals surface area contributed by atoms with Crippen LogP contribution in [0, 0.1) is 5.92 Å². The number of ether oxygens (including phenoxy) is 1. The van der Waals surface area contributed by atoms with Crippen molar-refractivity contribution >= 4 is 17.8 Å². The zero-order valence-electron chi connectivity index (χ0n) is 21.0. The second-order valence-electron chi connectivity index (χ2n) is 9.68. The molecule has 2 N–H and O–H groups in total. The van der Waals surface area contributed by atoms with Gasteiger partial charge in [-0.25, -0.2) is 0 Å². The monoisotopic (exact) mass is 495 g/mol. The van der Waals surface area contributed by atoms with Crippen LogP contribution in [0.2, 0.25) is 0 Å². The van der Waals surface area contributed by atoms with Gasteiger partial charge in [-0.3, -0.25) is 14.4 Å². The van der Waals surface area contributed by atoms with Crippen LogP contribution >= 0.6 is 0 Å². The zero-order chi connectivity index (χ0) is 25.9. The number of benzene rings is 2. The molecule has 1 aliphatic carbocycles. The SMILES string of the molecule is CCCCOc1ccc2c(c1)CCCC2CC(=O)N(Cc1ccccc1)CC(CC(=O)O)CC(=O)O. The lowest BCUT2D eigenvalue weighted by Gasteiger charge is -2.31. The lowest BCUT2D eigenvalue weighted by atomic mass is 9.80. The molecule has 1 aliphatic rings. The highest BCUT2D eigenvalue weighted by Gasteiger charge is 2.28. The number of fused-ring (bicyclic) bond motifs is 1. The van der Waals surface area contributed by atoms with Gasteiger partial charge < -0.3 is 19.8 Å². The van der Waals surface area contributed by atoms with E-state index in [0.29, 0.717) is 19.6 Å². The second-order valence-corrected chi connectivity index (χ2v) is 9.68. The number of hydrogen-bond acceptors (Lipinski definition) is 4. The summed E-state index contributed by atoms with van der Waals surface area (Å²) >= 11 is 0. The Morgan fingerprint density at radius 1 is 1.06 bits per heavy atom. The van der Waals surface area contributed by atoms with Crippen molar-refractivity contribution in [2.24, 2.45) is 5.92 Å². The number of amides is 1. The highest BCUT2D eigenvalue weighted by Crippen LogP contribution is 2.36. The Balaban J connectivity index is 1.76. The van der Waals surface area contributed by atoms with E-state index >= 15 is 0 Å². The maximum Gasteiger partial charge on any atom is 0.303 e. The topological polar surface area (TPSA) is 104 Å². The first kappa shape index (κ1) is 27.2. The lowest BCUT2D eigenvalue weighted by Crippen LogP contribution is -2.37. The number of carbonyl (C=O) groups excluding carboxylic acids is 1. The first-order valence-electron chi connectivity index (χ1n) is 12.9. The molecule has 0 spiro atoms. The fourth-order valence-corrected chi connectivity index (χ4v) is 4.93. The first-order valence-corrected chi connectivity index (χ1v) is 12.9. The fraction of sp³-hybridized carbons (Fsp3) is 0.483. The van der Waals surface area contributed by atoms with Crippen LogP contribution in [0.1, 0.15) is 74.5 Å². The summed E-state index contributed by atoms with van der Waals surface area (Å²) in [6.07, 6.45) is 4.66. The number of carboxylic acid groups (broad SMARTS) is 2. The average Bonchev–Trinajstić information content (AvgIpc) is 2.83. The quantitative estimate of drug-likeness (QED) is 0.346. The summed E-state index contributed by atoms with van der Waals surface area (Å²) in [7, 11) is 0. The predicted molar refractivity (Wildman–Crippen MR) is 137 cm³/mol. The molecule has 3 rings (SSSR count). The number of nitrogens with zero attached hydrogens (tertiary/aromatic N) is 1. The molecule has 1 unspecified atom stereocenters. The van der Waals surface area contributed by atoms with Crippen LogP contribution in [0.25, 0.3) is 0 Å². The molecule has 0 aliphatic heterocycles. The number of rotatable bonds is 14. The van der Waals surface area contributed by atoms with Crippen LogP contribution in [0.5, 0.6) is 5.75 Å². The van der Waals surface area contributed by atoms with Crippen molar-refractivity contribution in [1.82, 2.24) is 4.90 Å². The number of carboxylic acids is 2. The lowest BCUT2D eigenvalue weighted by molar-refractivity contribution is -0.143. The molecular weight excluding hydrogens is 458 g/mol. The summed E-state index contributed by atoms with van der Waals surface area (Å²) in [4.78, 5) is 37.9. The van der Waals surface area contributed by atoms with Crippen molar-refractivity contribution < 1.29 is 29.3 Å². The van der Waals surface area contributed by atoms with Crippen molar-refractivity contribution in [2.45, 2.75) is 70.8 Å². The third-order valence-corrected chi connectivity index (χ3v) is 6.71. The van der Waals surface area contributed by atoms with Gasteiger partial charge in [-0.1, -0.05) is 49.7 Å². The normalized spacial score (nSPS) is 14.8. The van der Waals surface area contributed by atoms with Gasteiger partial charge in [0.2, 0.25) is 5.91 Å². The molecule has 0 aromatic heterocycles. The van der Waals surface area contributed by atoms with E-state index in [1.807, 2.05) is 36.4 Å². The van der Waals surface area contributed by atoms with Gasteiger partial charge in [-0.15, -0.1) is 0 Å². The molecular formula is C29H37NO6. The van der Waals surface area contributed by atoms with Gasteiger partial charge in [0, 0.05) is 19.5 Å². The molecule has 1 atom stereocenters. The summed E-state index contributed by atoms with van der Waals surface area (Å²) in [6, 6.07) is 15.7. The minimum atomic E-state index is -1.06. The van der Waals surface area contributed by atoms with Crippen LogP contribution < -0.4 is 4.74 Å². The highest BCUT2D eigenvalue weighted by molar-refractivity contribution is 5.78. The van der Waals surface area contributed by atoms with E-state index in [-0.39, 0.29) is 31.2 Å². The van der Waals surface area contributed by atoms with Crippen molar-refractivity contribution in [3.05, 3.63) is 65.2 Å². The molecule has 0 heterocycles. The number of carbonyl (C=O) groups is 3. The Bertz CT molecular complexity index is 1010. The van der Waals surface area contributed by atoms with Crippen molar-refractivity contribution in [3.8, 4) is 5.75 Å². The summed E-state index contributed by atoms with van der Waals surface area (Å²) < 4.78 is 5.87. The number of aryl methyl sites for hydroxylation is 1. The fourth-order valence-electron chi connectivity index (χ4n) is 4.93. The highest BCUT2D eigenvalue weighted by atomic mass is 16.5. The van der Waals surface area contributed by atoms with Gasteiger partial charge in [0.1, 0.15) is 5.75 Å². The van der Waals surface area contributed by atoms with Crippen LogP contribution in [0.3, 0.4) is 0 Å². The Morgan fingerprint density at radius 3 is 2.44 bits per heavy atom. The largest absolute Gasteiger partial charge is 0.494 e. The van der Waals surface area contributed by atoms with Crippen LogP contribution in [-0.2, 0) is 27.3 Å². The molecule has 0 bridgehead atoms. The van der Waals surface area contributed by atoms with Gasteiger partial charge in [-0.05, 0) is 66.3 Å². The van der Waals surface area contributed by atoms with Crippen molar-refractivity contribution in [3.63, 3.8) is 0 Å². The Hall–Kier alpha value is -3.35. The molecule has 2 aromatic carbocycles. The zero-order valence-corrected chi connectivity index (χ0v) is 21.0. The molecule has 7 heteroatoms. The molecule has 36 heavy (non-hydrogen) atoms. The number of aliphatic carboxylic acids is 2. The Morgan fingerprint density at radius 2 is 1.78 bits per heavy atom. The predicted octanol–water partition coefficient (Wildman–Crippen LogP) is 5.27. The minimum Gasteiger partial charge on any atom is -0.494 e. The Labute approximate surface area is 213 Å². The van der Waals surface area contributed by atoms with E-state index in [9.17, 15) is 24.6 Å². The third-order valence-electron chi connectivity index (χ3n) is 6.71. The first-order chi connectivity index (χ1) is 17.4. The van der Waals surface area contributed by atoms with Crippen LogP contribution in [0.15, 0.2) is 48.5 Å². The number of unbranched alkanes of at least 4 members (excludes halogenated alkanes) is 1. The standard InChI is InChI=1S/C29H37NO6/c1-2-3-14-36-25-12-13-26-23(17-25)10-7-11-24(26)18-27(31)30(19-21-8-5-4-6-9-21)20-22(15-28(32)33)16-29(34)35/h4-6,8-9,12-13,17,22,24H,2-3,7,10-11,14-16,18-20H2,1H3,(H,32,33)(H,34,35). The van der Waals surface area contributed by atoms with Gasteiger partial charge in [0.05, 0.1) is 19.4 Å². The molecule has 7 nitrogen and oxygen atoms in total. The molecule has 0 saturated heterocycles. The third kappa shape index (κ3) is 8.40. The molecule has 194 valence electrons. The molecule has 0 fully saturated rings. The summed E-state index contributed by atoms with van der Waals surface area (Å²) in [5.41, 5.74) is 3.31. The summed E-state index contributed by atoms with van der Waals surface area (Å²) in [5.74, 6) is -1.93. The van der Waals surface area contributed by atoms with Crippen molar-refractivity contribution in [1.29, 1.82) is 0 Å². The summed E-state index contributed by atoms with van der Waals surface area (Å²) in [5, 5.41) is 18.6. The Kier molecular flexibility index (Phi) is 10.3. The van der Waals surface area contributed by atoms with E-state index in [2.05, 4.69) is 19.1 Å². The molecule has 0 saturated carbocycles. The second kappa shape index (κ2) is 13.7. The average molecular weight is 496 g/mol. The summed E-state index contributed by atoms with van der Waals surface area (Å²) in [6.45, 7) is 3.24. The maximum absolute atomic E-state index is 13.6. The molecule has 1 amide bonds. The van der Waals surface area contributed by atoms with E-state index < -0.39 is 17.9 Å². The minimum absolute atomic E-state index is 0.0709. The van der Waals surface area contributed by atoms with E-state index in [0.717, 1.165) is 43.4 Å². The molecule has 0 radical (unpaired) electrons. The van der Waals surface area contributed by atoms with Gasteiger partial charge in [0.25, 0.3) is 0 Å². The van der Waals surface area contributed by atoms with E-state index in [1.165, 1.54) is 11.1 Å². The van der Waals surface area contributed by atoms with E-state index in [1.54, 1.807) is 4.90 Å². The van der Waals surface area contributed by atoms with Crippen LogP contribution in [0.4, 0.5) is 0 Å². The van der Waals surface area contributed by atoms with Crippen LogP contribution in [-0.4, -0.2) is 46.1 Å². The van der Waals surface area contributed by atoms with Crippen molar-refractivity contribution in [2.75, 3.05) is 13.2 Å².